The van der Waals surface area contributed by atoms with Gasteiger partial charge in [-0.3, -0.25) is 10.1 Å². The molecule has 2 N–H and O–H groups in total. The molecule has 1 saturated heterocycles. The Morgan fingerprint density at radius 2 is 2.00 bits per heavy atom. The normalized spacial score (nSPS) is 18.1. The molecule has 2 heterocycles. The van der Waals surface area contributed by atoms with E-state index in [0.29, 0.717) is 6.04 Å². The molecule has 3 amide bonds. The number of urea groups is 1. The highest BCUT2D eigenvalue weighted by atomic mass is 16.2. The largest absolute Gasteiger partial charge is 0.344 e. The summed E-state index contributed by atoms with van der Waals surface area (Å²) >= 11 is 0. The Balaban J connectivity index is 2.13. The van der Waals surface area contributed by atoms with Crippen LogP contribution in [0.2, 0.25) is 0 Å². The van der Waals surface area contributed by atoms with E-state index in [1.54, 1.807) is 6.08 Å². The van der Waals surface area contributed by atoms with E-state index in [1.807, 2.05) is 24.4 Å². The maximum absolute atomic E-state index is 11.7. The number of nitrogens with zero attached hydrogens (tertiary/aromatic N) is 1. The summed E-state index contributed by atoms with van der Waals surface area (Å²) in [5.41, 5.74) is 2.34. The van der Waals surface area contributed by atoms with Gasteiger partial charge in [0.15, 0.2) is 0 Å². The third-order valence-electron chi connectivity index (χ3n) is 3.86. The molecule has 1 aliphatic rings. The molecule has 0 radical (unpaired) electrons. The second kappa shape index (κ2) is 5.09. The van der Waals surface area contributed by atoms with Crippen LogP contribution in [0.5, 0.6) is 0 Å². The first-order valence-electron chi connectivity index (χ1n) is 7.03. The summed E-state index contributed by atoms with van der Waals surface area (Å²) in [4.78, 5) is 22.8. The van der Waals surface area contributed by atoms with Gasteiger partial charge in [0.1, 0.15) is 5.70 Å². The molecule has 1 aromatic carbocycles. The van der Waals surface area contributed by atoms with E-state index in [0.717, 1.165) is 22.9 Å². The van der Waals surface area contributed by atoms with Gasteiger partial charge in [-0.2, -0.15) is 0 Å². The minimum atomic E-state index is -0.475. The zero-order valence-electron chi connectivity index (χ0n) is 12.0. The molecular weight excluding hydrogens is 266 g/mol. The predicted octanol–water partition coefficient (Wildman–Crippen LogP) is 2.79. The first kappa shape index (κ1) is 13.4. The SMILES string of the molecule is CC[C@@H](C)n1cc(/C=C2/NC(=O)NC2=O)c2ccccc21. The van der Waals surface area contributed by atoms with Crippen LogP contribution in [0.3, 0.4) is 0 Å². The molecular formula is C16H17N3O2. The highest BCUT2D eigenvalue weighted by molar-refractivity contribution is 6.14. The van der Waals surface area contributed by atoms with Crippen molar-refractivity contribution < 1.29 is 9.59 Å². The Bertz CT molecular complexity index is 758. The molecule has 108 valence electrons. The number of para-hydroxylation sites is 1. The minimum Gasteiger partial charge on any atom is -0.344 e. The van der Waals surface area contributed by atoms with Crippen molar-refractivity contribution in [2.45, 2.75) is 26.3 Å². The van der Waals surface area contributed by atoms with Gasteiger partial charge in [0, 0.05) is 28.7 Å². The molecule has 5 heteroatoms. The fourth-order valence-electron chi connectivity index (χ4n) is 2.55. The highest BCUT2D eigenvalue weighted by Gasteiger charge is 2.23. The number of benzene rings is 1. The topological polar surface area (TPSA) is 63.1 Å². The molecule has 5 nitrogen and oxygen atoms in total. The van der Waals surface area contributed by atoms with Crippen LogP contribution in [-0.4, -0.2) is 16.5 Å². The lowest BCUT2D eigenvalue weighted by molar-refractivity contribution is -0.115. The van der Waals surface area contributed by atoms with Crippen LogP contribution in [0.1, 0.15) is 31.9 Å². The smallest absolute Gasteiger partial charge is 0.326 e. The maximum Gasteiger partial charge on any atom is 0.326 e. The van der Waals surface area contributed by atoms with Crippen molar-refractivity contribution in [3.63, 3.8) is 0 Å². The van der Waals surface area contributed by atoms with Crippen LogP contribution in [0.25, 0.3) is 17.0 Å². The summed E-state index contributed by atoms with van der Waals surface area (Å²) in [5.74, 6) is -0.389. The summed E-state index contributed by atoms with van der Waals surface area (Å²) in [6, 6.07) is 7.96. The maximum atomic E-state index is 11.7. The molecule has 21 heavy (non-hydrogen) atoms. The average Bonchev–Trinajstić information content (AvgIpc) is 2.99. The number of amides is 3. The second-order valence-electron chi connectivity index (χ2n) is 5.23. The Morgan fingerprint density at radius 1 is 1.24 bits per heavy atom. The van der Waals surface area contributed by atoms with Crippen molar-refractivity contribution in [3.05, 3.63) is 41.7 Å². The summed E-state index contributed by atoms with van der Waals surface area (Å²) in [6.07, 6.45) is 4.77. The van der Waals surface area contributed by atoms with Gasteiger partial charge in [-0.05, 0) is 25.5 Å². The monoisotopic (exact) mass is 283 g/mol. The molecule has 0 saturated carbocycles. The predicted molar refractivity (Wildman–Crippen MR) is 81.6 cm³/mol. The number of imide groups is 1. The van der Waals surface area contributed by atoms with Gasteiger partial charge in [-0.1, -0.05) is 25.1 Å². The average molecular weight is 283 g/mol. The van der Waals surface area contributed by atoms with E-state index < -0.39 is 6.03 Å². The van der Waals surface area contributed by atoms with Crippen molar-refractivity contribution in [2.75, 3.05) is 0 Å². The van der Waals surface area contributed by atoms with Gasteiger partial charge >= 0.3 is 6.03 Å². The number of fused-ring (bicyclic) bond motifs is 1. The van der Waals surface area contributed by atoms with Crippen molar-refractivity contribution in [3.8, 4) is 0 Å². The molecule has 0 unspecified atom stereocenters. The number of hydrogen-bond acceptors (Lipinski definition) is 2. The summed E-state index contributed by atoms with van der Waals surface area (Å²) in [6.45, 7) is 4.30. The lowest BCUT2D eigenvalue weighted by atomic mass is 10.1. The van der Waals surface area contributed by atoms with E-state index in [2.05, 4.69) is 35.1 Å². The lowest BCUT2D eigenvalue weighted by Crippen LogP contribution is -2.22. The highest BCUT2D eigenvalue weighted by Crippen LogP contribution is 2.27. The molecule has 1 aliphatic heterocycles. The van der Waals surface area contributed by atoms with Gasteiger partial charge < -0.3 is 9.88 Å². The van der Waals surface area contributed by atoms with Crippen LogP contribution in [0.4, 0.5) is 4.79 Å². The number of aromatic nitrogens is 1. The van der Waals surface area contributed by atoms with E-state index in [4.69, 9.17) is 0 Å². The summed E-state index contributed by atoms with van der Waals surface area (Å²) in [7, 11) is 0. The number of hydrogen-bond donors (Lipinski definition) is 2. The summed E-state index contributed by atoms with van der Waals surface area (Å²) in [5, 5.41) is 5.80. The summed E-state index contributed by atoms with van der Waals surface area (Å²) < 4.78 is 2.20. The lowest BCUT2D eigenvalue weighted by Gasteiger charge is -2.12. The standard InChI is InChI=1S/C16H17N3O2/c1-3-10(2)19-9-11(12-6-4-5-7-14(12)19)8-13-15(20)18-16(21)17-13/h4-10H,3H2,1-2H3,(H2,17,18,20,21)/b13-8+/t10-/m1/s1. The van der Waals surface area contributed by atoms with Crippen LogP contribution < -0.4 is 10.6 Å². The number of rotatable bonds is 3. The van der Waals surface area contributed by atoms with E-state index in [1.165, 1.54) is 0 Å². The zero-order chi connectivity index (χ0) is 15.0. The first-order chi connectivity index (χ1) is 10.1. The molecule has 1 aromatic heterocycles. The molecule has 0 bridgehead atoms. The third-order valence-corrected chi connectivity index (χ3v) is 3.86. The van der Waals surface area contributed by atoms with E-state index in [-0.39, 0.29) is 11.6 Å². The quantitative estimate of drug-likeness (QED) is 0.672. The fourth-order valence-corrected chi connectivity index (χ4v) is 2.55. The Labute approximate surface area is 122 Å². The van der Waals surface area contributed by atoms with E-state index >= 15 is 0 Å². The molecule has 0 spiro atoms. The van der Waals surface area contributed by atoms with Crippen molar-refractivity contribution in [1.82, 2.24) is 15.2 Å². The van der Waals surface area contributed by atoms with Gasteiger partial charge in [0.05, 0.1) is 0 Å². The van der Waals surface area contributed by atoms with Gasteiger partial charge in [-0.15, -0.1) is 0 Å². The van der Waals surface area contributed by atoms with Crippen molar-refractivity contribution >= 4 is 28.9 Å². The van der Waals surface area contributed by atoms with Crippen molar-refractivity contribution in [2.24, 2.45) is 0 Å². The van der Waals surface area contributed by atoms with Crippen LogP contribution in [-0.2, 0) is 4.79 Å². The second-order valence-corrected chi connectivity index (χ2v) is 5.23. The molecule has 0 aliphatic carbocycles. The zero-order valence-corrected chi connectivity index (χ0v) is 12.0. The Morgan fingerprint density at radius 3 is 2.67 bits per heavy atom. The molecule has 1 fully saturated rings. The Hall–Kier alpha value is -2.56. The number of carbonyl (C=O) groups excluding carboxylic acids is 2. The van der Waals surface area contributed by atoms with Crippen LogP contribution >= 0.6 is 0 Å². The van der Waals surface area contributed by atoms with Crippen LogP contribution in [0.15, 0.2) is 36.2 Å². The van der Waals surface area contributed by atoms with E-state index in [9.17, 15) is 9.59 Å². The van der Waals surface area contributed by atoms with Gasteiger partial charge in [-0.25, -0.2) is 4.79 Å². The molecule has 3 rings (SSSR count). The molecule has 1 atom stereocenters. The number of carbonyl (C=O) groups is 2. The fraction of sp³-hybridized carbons (Fsp3) is 0.250. The minimum absolute atomic E-state index is 0.284. The van der Waals surface area contributed by atoms with Crippen molar-refractivity contribution in [1.29, 1.82) is 0 Å². The molecule has 2 aromatic rings. The first-order valence-corrected chi connectivity index (χ1v) is 7.03. The van der Waals surface area contributed by atoms with Gasteiger partial charge in [0.2, 0.25) is 0 Å². The number of nitrogens with one attached hydrogen (secondary N) is 2. The third kappa shape index (κ3) is 2.31. The van der Waals surface area contributed by atoms with Gasteiger partial charge in [0.25, 0.3) is 5.91 Å². The van der Waals surface area contributed by atoms with Crippen LogP contribution in [0, 0.1) is 0 Å². The Kier molecular flexibility index (Phi) is 3.25.